The van der Waals surface area contributed by atoms with Gasteiger partial charge in [0, 0.05) is 31.0 Å². The van der Waals surface area contributed by atoms with Crippen molar-refractivity contribution in [2.45, 2.75) is 38.6 Å². The molecule has 1 aromatic carbocycles. The minimum Gasteiger partial charge on any atom is -0.492 e. The maximum Gasteiger partial charge on any atom is 0.254 e. The van der Waals surface area contributed by atoms with Gasteiger partial charge in [-0.15, -0.1) is 0 Å². The molecule has 1 atom stereocenters. The third kappa shape index (κ3) is 4.78. The number of benzene rings is 1. The van der Waals surface area contributed by atoms with Gasteiger partial charge in [-0.1, -0.05) is 12.1 Å². The van der Waals surface area contributed by atoms with Crippen LogP contribution in [0.5, 0.6) is 5.75 Å². The Bertz CT molecular complexity index is 1110. The summed E-state index contributed by atoms with van der Waals surface area (Å²) in [7, 11) is 0. The Hall–Kier alpha value is -3.19. The number of likely N-dealkylation sites (tertiary alicyclic amines) is 2. The summed E-state index contributed by atoms with van der Waals surface area (Å²) < 4.78 is 7.93. The van der Waals surface area contributed by atoms with E-state index >= 15 is 0 Å². The zero-order valence-corrected chi connectivity index (χ0v) is 19.2. The second-order valence-electron chi connectivity index (χ2n) is 8.85. The molecule has 2 aliphatic heterocycles. The Balaban J connectivity index is 1.29. The van der Waals surface area contributed by atoms with E-state index in [0.717, 1.165) is 62.1 Å². The van der Waals surface area contributed by atoms with Gasteiger partial charge in [0.15, 0.2) is 0 Å². The zero-order valence-electron chi connectivity index (χ0n) is 19.2. The van der Waals surface area contributed by atoms with E-state index in [4.69, 9.17) is 9.72 Å². The van der Waals surface area contributed by atoms with E-state index in [0.29, 0.717) is 12.2 Å². The van der Waals surface area contributed by atoms with Crippen molar-refractivity contribution in [3.05, 3.63) is 71.9 Å². The van der Waals surface area contributed by atoms with Crippen LogP contribution >= 0.6 is 0 Å². The second-order valence-corrected chi connectivity index (χ2v) is 8.85. The minimum absolute atomic E-state index is 0.0268. The van der Waals surface area contributed by atoms with Crippen LogP contribution in [0.1, 0.15) is 53.6 Å². The summed E-state index contributed by atoms with van der Waals surface area (Å²) in [5, 5.41) is 0. The number of pyridine rings is 1. The van der Waals surface area contributed by atoms with E-state index in [2.05, 4.69) is 9.88 Å². The van der Waals surface area contributed by atoms with E-state index in [-0.39, 0.29) is 11.9 Å². The number of nitrogens with zero attached hydrogens (tertiary/aromatic N) is 5. The Morgan fingerprint density at radius 1 is 1.09 bits per heavy atom. The van der Waals surface area contributed by atoms with E-state index < -0.39 is 0 Å². The van der Waals surface area contributed by atoms with Gasteiger partial charge < -0.3 is 9.64 Å². The Kier molecular flexibility index (Phi) is 6.39. The van der Waals surface area contributed by atoms with Gasteiger partial charge in [0.2, 0.25) is 0 Å². The molecule has 1 amide bonds. The molecule has 0 aliphatic carbocycles. The molecule has 7 heteroatoms. The molecule has 2 aliphatic rings. The van der Waals surface area contributed by atoms with Crippen LogP contribution in [0, 0.1) is 6.92 Å². The third-order valence-electron chi connectivity index (χ3n) is 6.64. The maximum absolute atomic E-state index is 13.5. The Morgan fingerprint density at radius 3 is 2.76 bits per heavy atom. The molecular formula is C26H31N5O2. The largest absolute Gasteiger partial charge is 0.492 e. The lowest BCUT2D eigenvalue weighted by Gasteiger charge is -2.25. The van der Waals surface area contributed by atoms with Gasteiger partial charge in [-0.25, -0.2) is 9.97 Å². The first-order valence-electron chi connectivity index (χ1n) is 11.9. The molecule has 7 nitrogen and oxygen atoms in total. The number of hydrogen-bond acceptors (Lipinski definition) is 5. The summed E-state index contributed by atoms with van der Waals surface area (Å²) in [4.78, 5) is 27.0. The summed E-state index contributed by atoms with van der Waals surface area (Å²) in [6.07, 6.45) is 8.13. The number of hydrogen-bond donors (Lipinski definition) is 0. The molecule has 0 saturated carbocycles. The number of aryl methyl sites for hydroxylation is 1. The molecule has 172 valence electrons. The zero-order chi connectivity index (χ0) is 22.6. The van der Waals surface area contributed by atoms with Crippen LogP contribution in [-0.2, 0) is 0 Å². The van der Waals surface area contributed by atoms with Crippen molar-refractivity contribution in [2.75, 3.05) is 32.8 Å². The number of ether oxygens (including phenoxy) is 1. The van der Waals surface area contributed by atoms with E-state index in [1.165, 1.54) is 12.8 Å². The van der Waals surface area contributed by atoms with Crippen molar-refractivity contribution in [3.8, 4) is 11.6 Å². The number of rotatable bonds is 7. The van der Waals surface area contributed by atoms with E-state index in [1.807, 2.05) is 65.1 Å². The molecule has 0 bridgehead atoms. The van der Waals surface area contributed by atoms with Crippen LogP contribution in [0.3, 0.4) is 0 Å². The monoisotopic (exact) mass is 445 g/mol. The molecule has 0 N–H and O–H groups in total. The molecule has 4 heterocycles. The van der Waals surface area contributed by atoms with Gasteiger partial charge >= 0.3 is 0 Å². The number of carbonyl (C=O) groups excluding carboxylic acids is 1. The first-order chi connectivity index (χ1) is 16.2. The van der Waals surface area contributed by atoms with Gasteiger partial charge in [-0.2, -0.15) is 0 Å². The van der Waals surface area contributed by atoms with Crippen LogP contribution in [0.15, 0.2) is 54.9 Å². The minimum atomic E-state index is -0.0268. The highest BCUT2D eigenvalue weighted by Crippen LogP contribution is 2.33. The van der Waals surface area contributed by atoms with Crippen molar-refractivity contribution in [2.24, 2.45) is 0 Å². The highest BCUT2D eigenvalue weighted by Gasteiger charge is 2.32. The van der Waals surface area contributed by atoms with Crippen molar-refractivity contribution >= 4 is 5.91 Å². The fourth-order valence-electron chi connectivity index (χ4n) is 4.88. The molecule has 2 fully saturated rings. The summed E-state index contributed by atoms with van der Waals surface area (Å²) in [5.74, 6) is 2.51. The second kappa shape index (κ2) is 9.75. The van der Waals surface area contributed by atoms with Gasteiger partial charge in [0.05, 0.1) is 11.7 Å². The number of aromatic nitrogens is 3. The third-order valence-corrected chi connectivity index (χ3v) is 6.64. The predicted octanol–water partition coefficient (Wildman–Crippen LogP) is 4.03. The van der Waals surface area contributed by atoms with E-state index in [1.54, 1.807) is 6.20 Å². The number of carbonyl (C=O) groups is 1. The predicted molar refractivity (Wildman–Crippen MR) is 127 cm³/mol. The fraction of sp³-hybridized carbons (Fsp3) is 0.423. The Morgan fingerprint density at radius 2 is 1.94 bits per heavy atom. The number of amides is 1. The Labute approximate surface area is 195 Å². The van der Waals surface area contributed by atoms with Crippen LogP contribution in [0.4, 0.5) is 0 Å². The average Bonchev–Trinajstić information content (AvgIpc) is 3.61. The fourth-order valence-corrected chi connectivity index (χ4v) is 4.88. The molecule has 5 rings (SSSR count). The van der Waals surface area contributed by atoms with Crippen LogP contribution < -0.4 is 4.74 Å². The summed E-state index contributed by atoms with van der Waals surface area (Å²) in [6.45, 7) is 6.60. The van der Waals surface area contributed by atoms with Gasteiger partial charge in [-0.05, 0) is 76.0 Å². The van der Waals surface area contributed by atoms with Crippen LogP contribution in [0.2, 0.25) is 0 Å². The molecule has 2 aromatic heterocycles. The van der Waals surface area contributed by atoms with Crippen molar-refractivity contribution < 1.29 is 9.53 Å². The smallest absolute Gasteiger partial charge is 0.254 e. The molecule has 3 aromatic rings. The van der Waals surface area contributed by atoms with Crippen molar-refractivity contribution in [1.29, 1.82) is 0 Å². The SMILES string of the molecule is Cc1nccn1-c1cccc([C@H]2CCCN2C(=O)c2cccc(OCCN3CCCC3)c2)n1. The van der Waals surface area contributed by atoms with Gasteiger partial charge in [0.25, 0.3) is 5.91 Å². The highest BCUT2D eigenvalue weighted by molar-refractivity contribution is 5.95. The molecular weight excluding hydrogens is 414 g/mol. The van der Waals surface area contributed by atoms with Crippen LogP contribution in [-0.4, -0.2) is 63.0 Å². The van der Waals surface area contributed by atoms with Crippen molar-refractivity contribution in [3.63, 3.8) is 0 Å². The summed E-state index contributed by atoms with van der Waals surface area (Å²) in [6, 6.07) is 13.6. The molecule has 0 spiro atoms. The molecule has 33 heavy (non-hydrogen) atoms. The molecule has 0 unspecified atom stereocenters. The topological polar surface area (TPSA) is 63.5 Å². The van der Waals surface area contributed by atoms with Gasteiger partial charge in [-0.3, -0.25) is 14.3 Å². The lowest BCUT2D eigenvalue weighted by atomic mass is 10.1. The first kappa shape index (κ1) is 21.6. The van der Waals surface area contributed by atoms with Crippen molar-refractivity contribution in [1.82, 2.24) is 24.3 Å². The molecule has 0 radical (unpaired) electrons. The number of imidazole rings is 1. The van der Waals surface area contributed by atoms with Gasteiger partial charge in [0.1, 0.15) is 24.0 Å². The standard InChI is InChI=1S/C26H31N5O2/c1-20-27-12-16-30(20)25-11-5-9-23(28-25)24-10-6-15-31(24)26(32)21-7-4-8-22(19-21)33-18-17-29-13-2-3-14-29/h4-5,7-9,11-12,16,19,24H,2-3,6,10,13-15,17-18H2,1H3/t24-/m1/s1. The highest BCUT2D eigenvalue weighted by atomic mass is 16.5. The van der Waals surface area contributed by atoms with E-state index in [9.17, 15) is 4.79 Å². The molecule has 2 saturated heterocycles. The summed E-state index contributed by atoms with van der Waals surface area (Å²) >= 11 is 0. The quantitative estimate of drug-likeness (QED) is 0.550. The summed E-state index contributed by atoms with van der Waals surface area (Å²) in [5.41, 5.74) is 1.59. The lowest BCUT2D eigenvalue weighted by Crippen LogP contribution is -2.31. The van der Waals surface area contributed by atoms with Crippen LogP contribution in [0.25, 0.3) is 5.82 Å². The first-order valence-corrected chi connectivity index (χ1v) is 11.9. The lowest BCUT2D eigenvalue weighted by molar-refractivity contribution is 0.0732. The normalized spacial score (nSPS) is 18.7. The average molecular weight is 446 g/mol. The maximum atomic E-state index is 13.5.